The molecule has 0 fully saturated rings. The second-order valence-corrected chi connectivity index (χ2v) is 6.60. The number of hydrogen-bond donors (Lipinski definition) is 1. The van der Waals surface area contributed by atoms with Gasteiger partial charge in [0.25, 0.3) is 0 Å². The maximum atomic E-state index is 14.2. The lowest BCUT2D eigenvalue weighted by Crippen LogP contribution is -2.09. The van der Waals surface area contributed by atoms with Gasteiger partial charge in [0.05, 0.1) is 21.4 Å². The zero-order valence-corrected chi connectivity index (χ0v) is 16.0. The molecule has 7 nitrogen and oxygen atoms in total. The molecule has 0 spiro atoms. The van der Waals surface area contributed by atoms with Crippen molar-refractivity contribution in [3.05, 3.63) is 76.2 Å². The number of nitrogens with zero attached hydrogens (tertiary/aromatic N) is 6. The highest BCUT2D eigenvalue weighted by molar-refractivity contribution is 6.43. The molecule has 0 aliphatic rings. The number of anilines is 1. The highest BCUT2D eigenvalue weighted by Gasteiger charge is 2.17. The van der Waals surface area contributed by atoms with E-state index in [2.05, 4.69) is 30.8 Å². The summed E-state index contributed by atoms with van der Waals surface area (Å²) >= 11 is 12.3. The minimum Gasteiger partial charge on any atom is -0.349 e. The molecule has 3 heterocycles. The molecule has 1 N–H and O–H groups in total. The molecule has 29 heavy (non-hydrogen) atoms. The lowest BCUT2D eigenvalue weighted by Gasteiger charge is -2.12. The molecular formula is C18H11Cl2F2N7. The van der Waals surface area contributed by atoms with Gasteiger partial charge in [-0.2, -0.15) is 9.07 Å². The van der Waals surface area contributed by atoms with E-state index in [-0.39, 0.29) is 23.8 Å². The Hall–Kier alpha value is -3.17. The van der Waals surface area contributed by atoms with Crippen molar-refractivity contribution in [1.29, 1.82) is 0 Å². The van der Waals surface area contributed by atoms with Gasteiger partial charge in [-0.1, -0.05) is 40.4 Å². The molecule has 4 rings (SSSR count). The van der Waals surface area contributed by atoms with Crippen molar-refractivity contribution in [3.8, 4) is 16.9 Å². The number of pyridine rings is 2. The van der Waals surface area contributed by atoms with Crippen molar-refractivity contribution in [2.75, 3.05) is 5.32 Å². The molecular weight excluding hydrogens is 423 g/mol. The van der Waals surface area contributed by atoms with E-state index in [0.29, 0.717) is 21.3 Å². The summed E-state index contributed by atoms with van der Waals surface area (Å²) in [7, 11) is 0. The first-order valence-electron chi connectivity index (χ1n) is 8.27. The summed E-state index contributed by atoms with van der Waals surface area (Å²) in [6.45, 7) is 0.186. The van der Waals surface area contributed by atoms with Crippen LogP contribution >= 0.6 is 23.2 Å². The Kier molecular flexibility index (Phi) is 5.32. The zero-order valence-electron chi connectivity index (χ0n) is 14.5. The molecule has 0 amide bonds. The number of benzene rings is 1. The Labute approximate surface area is 173 Å². The first-order valence-corrected chi connectivity index (χ1v) is 9.02. The minimum atomic E-state index is -1.19. The van der Waals surface area contributed by atoms with Crippen LogP contribution in [-0.2, 0) is 6.54 Å². The van der Waals surface area contributed by atoms with Crippen LogP contribution in [0.3, 0.4) is 0 Å². The van der Waals surface area contributed by atoms with Crippen LogP contribution in [0.25, 0.3) is 16.9 Å². The maximum absolute atomic E-state index is 14.2. The summed E-state index contributed by atoms with van der Waals surface area (Å²) in [4.78, 5) is 7.49. The molecule has 0 radical (unpaired) electrons. The molecule has 3 aromatic heterocycles. The Bertz CT molecular complexity index is 1180. The largest absolute Gasteiger partial charge is 0.349 e. The highest BCUT2D eigenvalue weighted by atomic mass is 35.5. The van der Waals surface area contributed by atoms with Gasteiger partial charge in [-0.05, 0) is 40.3 Å². The number of hydrogen-bond acceptors (Lipinski definition) is 6. The van der Waals surface area contributed by atoms with E-state index >= 15 is 0 Å². The minimum absolute atomic E-state index is 0.00683. The lowest BCUT2D eigenvalue weighted by molar-refractivity contribution is 0.481. The van der Waals surface area contributed by atoms with Crippen LogP contribution in [0.5, 0.6) is 0 Å². The van der Waals surface area contributed by atoms with Gasteiger partial charge in [-0.25, -0.2) is 9.37 Å². The molecule has 4 aromatic rings. The van der Waals surface area contributed by atoms with Crippen LogP contribution in [0.2, 0.25) is 10.0 Å². The maximum Gasteiger partial charge on any atom is 0.249 e. The fourth-order valence-electron chi connectivity index (χ4n) is 2.71. The lowest BCUT2D eigenvalue weighted by atomic mass is 10.1. The summed E-state index contributed by atoms with van der Waals surface area (Å²) in [5.41, 5.74) is 1.37. The number of halogens is 4. The summed E-state index contributed by atoms with van der Waals surface area (Å²) in [6.07, 6.45) is 2.67. The Morgan fingerprint density at radius 2 is 1.86 bits per heavy atom. The second kappa shape index (κ2) is 8.06. The standard InChI is InChI=1S/C18H11Cl2F2N7/c19-12-4-1-5-13(14(12)20)29-18(26-27-28-29)25-9-10-3-2-7-23-16(10)11-6-8-24-17(22)15(11)21/h1-8H,9H2,(H,25,26,28). The van der Waals surface area contributed by atoms with Gasteiger partial charge in [0.2, 0.25) is 11.9 Å². The van der Waals surface area contributed by atoms with E-state index in [9.17, 15) is 8.78 Å². The zero-order chi connectivity index (χ0) is 20.4. The topological polar surface area (TPSA) is 81.4 Å². The van der Waals surface area contributed by atoms with Gasteiger partial charge in [0.1, 0.15) is 0 Å². The van der Waals surface area contributed by atoms with Crippen LogP contribution < -0.4 is 5.32 Å². The average molecular weight is 434 g/mol. The first-order chi connectivity index (χ1) is 14.1. The summed E-state index contributed by atoms with van der Waals surface area (Å²) in [6, 6.07) is 9.85. The smallest absolute Gasteiger partial charge is 0.249 e. The van der Waals surface area contributed by atoms with E-state index in [4.69, 9.17) is 23.2 Å². The van der Waals surface area contributed by atoms with Gasteiger partial charge < -0.3 is 5.32 Å². The number of tetrazole rings is 1. The quantitative estimate of drug-likeness (QED) is 0.472. The van der Waals surface area contributed by atoms with E-state index in [1.807, 2.05) is 0 Å². The Morgan fingerprint density at radius 3 is 2.72 bits per heavy atom. The third-order valence-corrected chi connectivity index (χ3v) is 4.87. The summed E-state index contributed by atoms with van der Waals surface area (Å²) < 4.78 is 29.1. The fourth-order valence-corrected chi connectivity index (χ4v) is 3.09. The van der Waals surface area contributed by atoms with E-state index in [1.165, 1.54) is 23.1 Å². The van der Waals surface area contributed by atoms with Gasteiger partial charge in [0, 0.05) is 24.5 Å². The first kappa shape index (κ1) is 19.2. The van der Waals surface area contributed by atoms with Crippen molar-refractivity contribution in [2.24, 2.45) is 0 Å². The molecule has 11 heteroatoms. The molecule has 0 atom stereocenters. The molecule has 1 aromatic carbocycles. The van der Waals surface area contributed by atoms with Crippen LogP contribution in [0.4, 0.5) is 14.7 Å². The Balaban J connectivity index is 1.65. The van der Waals surface area contributed by atoms with E-state index in [1.54, 1.807) is 30.3 Å². The van der Waals surface area contributed by atoms with Gasteiger partial charge in [0.15, 0.2) is 5.82 Å². The van der Waals surface area contributed by atoms with Crippen molar-refractivity contribution in [1.82, 2.24) is 30.2 Å². The molecule has 0 unspecified atom stereocenters. The van der Waals surface area contributed by atoms with Crippen molar-refractivity contribution in [2.45, 2.75) is 6.54 Å². The predicted molar refractivity (Wildman–Crippen MR) is 104 cm³/mol. The van der Waals surface area contributed by atoms with E-state index in [0.717, 1.165) is 0 Å². The normalized spacial score (nSPS) is 10.9. The fraction of sp³-hybridized carbons (Fsp3) is 0.0556. The van der Waals surface area contributed by atoms with Crippen LogP contribution in [0, 0.1) is 11.8 Å². The van der Waals surface area contributed by atoms with Gasteiger partial charge in [-0.15, -0.1) is 0 Å². The summed E-state index contributed by atoms with van der Waals surface area (Å²) in [5, 5.41) is 15.2. The predicted octanol–water partition coefficient (Wildman–Crippen LogP) is 4.32. The van der Waals surface area contributed by atoms with Crippen LogP contribution in [-0.4, -0.2) is 30.2 Å². The van der Waals surface area contributed by atoms with Crippen molar-refractivity contribution in [3.63, 3.8) is 0 Å². The molecule has 0 saturated carbocycles. The molecule has 0 aliphatic carbocycles. The van der Waals surface area contributed by atoms with Crippen LogP contribution in [0.1, 0.15) is 5.56 Å². The number of rotatable bonds is 5. The third-order valence-electron chi connectivity index (χ3n) is 4.06. The molecule has 0 bridgehead atoms. The molecule has 0 aliphatic heterocycles. The second-order valence-electron chi connectivity index (χ2n) is 5.82. The van der Waals surface area contributed by atoms with Crippen molar-refractivity contribution < 1.29 is 8.78 Å². The average Bonchev–Trinajstić information content (AvgIpc) is 3.19. The SMILES string of the molecule is Fc1nccc(-c2ncccc2CNc2nnnn2-c2cccc(Cl)c2Cl)c1F. The summed E-state index contributed by atoms with van der Waals surface area (Å²) in [5.74, 6) is -1.97. The van der Waals surface area contributed by atoms with Gasteiger partial charge in [-0.3, -0.25) is 4.98 Å². The highest BCUT2D eigenvalue weighted by Crippen LogP contribution is 2.29. The number of aromatic nitrogens is 6. The molecule has 146 valence electrons. The third kappa shape index (κ3) is 3.74. The van der Waals surface area contributed by atoms with Crippen LogP contribution in [0.15, 0.2) is 48.8 Å². The van der Waals surface area contributed by atoms with Gasteiger partial charge >= 0.3 is 0 Å². The van der Waals surface area contributed by atoms with Crippen molar-refractivity contribution >= 4 is 29.2 Å². The van der Waals surface area contributed by atoms with E-state index < -0.39 is 11.8 Å². The number of nitrogens with one attached hydrogen (secondary N) is 1. The molecule has 0 saturated heterocycles. The Morgan fingerprint density at radius 1 is 1.00 bits per heavy atom. The monoisotopic (exact) mass is 433 g/mol.